The van der Waals surface area contributed by atoms with E-state index in [1.165, 1.54) is 16.8 Å². The van der Waals surface area contributed by atoms with Crippen molar-refractivity contribution < 1.29 is 14.3 Å². The van der Waals surface area contributed by atoms with Gasteiger partial charge in [0.15, 0.2) is 17.6 Å². The molecule has 150 valence electrons. The number of nitrogens with one attached hydrogen (secondary N) is 2. The molecule has 3 aromatic rings. The largest absolute Gasteiger partial charge is 0.486 e. The Morgan fingerprint density at radius 2 is 2.07 bits per heavy atom. The van der Waals surface area contributed by atoms with Crippen LogP contribution >= 0.6 is 0 Å². The number of para-hydroxylation sites is 2. The molecule has 1 amide bonds. The zero-order valence-electron chi connectivity index (χ0n) is 15.4. The standard InChI is InChI=1S/C19H19N5O5/c25-17(5-7-23-8-6-18(26)22-19(23)27)21-13-9-20-24(10-13)11-14-12-28-15-3-1-2-4-16(15)29-14/h1-4,6,8-10,14H,5,7,11-12H2,(H,21,25)(H,22,26,27)/t14-/m1/s1. The van der Waals surface area contributed by atoms with Gasteiger partial charge in [-0.2, -0.15) is 5.10 Å². The van der Waals surface area contributed by atoms with E-state index in [9.17, 15) is 14.4 Å². The first kappa shape index (κ1) is 18.5. The zero-order valence-corrected chi connectivity index (χ0v) is 15.4. The molecule has 0 unspecified atom stereocenters. The molecule has 1 aromatic carbocycles. The number of hydrogen-bond donors (Lipinski definition) is 2. The maximum Gasteiger partial charge on any atom is 0.328 e. The SMILES string of the molecule is O=C(CCn1ccc(=O)[nH]c1=O)Nc1cnn(C[C@@H]2COc3ccccc3O2)c1. The van der Waals surface area contributed by atoms with Gasteiger partial charge >= 0.3 is 5.69 Å². The molecule has 2 N–H and O–H groups in total. The van der Waals surface area contributed by atoms with Crippen molar-refractivity contribution in [3.63, 3.8) is 0 Å². The second-order valence-electron chi connectivity index (χ2n) is 6.55. The second kappa shape index (κ2) is 8.05. The van der Waals surface area contributed by atoms with Crippen molar-refractivity contribution in [2.45, 2.75) is 25.6 Å². The number of carbonyl (C=O) groups is 1. The molecular weight excluding hydrogens is 378 g/mol. The minimum Gasteiger partial charge on any atom is -0.486 e. The van der Waals surface area contributed by atoms with Gasteiger partial charge in [-0.25, -0.2) is 4.79 Å². The Balaban J connectivity index is 1.29. The number of H-pyrrole nitrogens is 1. The van der Waals surface area contributed by atoms with Gasteiger partial charge in [0.2, 0.25) is 5.91 Å². The summed E-state index contributed by atoms with van der Waals surface area (Å²) in [6.07, 6.45) is 4.49. The summed E-state index contributed by atoms with van der Waals surface area (Å²) >= 11 is 0. The molecule has 10 nitrogen and oxygen atoms in total. The van der Waals surface area contributed by atoms with Gasteiger partial charge in [0, 0.05) is 31.4 Å². The third kappa shape index (κ3) is 4.54. The Hall–Kier alpha value is -3.82. The van der Waals surface area contributed by atoms with Gasteiger partial charge in [0.1, 0.15) is 6.61 Å². The van der Waals surface area contributed by atoms with E-state index in [4.69, 9.17) is 9.47 Å². The van der Waals surface area contributed by atoms with Crippen molar-refractivity contribution in [3.05, 3.63) is 69.8 Å². The van der Waals surface area contributed by atoms with E-state index >= 15 is 0 Å². The fourth-order valence-electron chi connectivity index (χ4n) is 2.96. The molecule has 1 atom stereocenters. The van der Waals surface area contributed by atoms with Crippen LogP contribution in [0.25, 0.3) is 0 Å². The first-order valence-corrected chi connectivity index (χ1v) is 9.07. The highest BCUT2D eigenvalue weighted by molar-refractivity contribution is 5.90. The number of anilines is 1. The average Bonchev–Trinajstić information content (AvgIpc) is 3.14. The van der Waals surface area contributed by atoms with E-state index in [0.717, 1.165) is 5.75 Å². The Morgan fingerprint density at radius 1 is 1.24 bits per heavy atom. The third-order valence-electron chi connectivity index (χ3n) is 4.35. The highest BCUT2D eigenvalue weighted by Gasteiger charge is 2.21. The van der Waals surface area contributed by atoms with Gasteiger partial charge in [-0.15, -0.1) is 0 Å². The summed E-state index contributed by atoms with van der Waals surface area (Å²) in [7, 11) is 0. The van der Waals surface area contributed by atoms with Crippen LogP contribution in [0, 0.1) is 0 Å². The summed E-state index contributed by atoms with van der Waals surface area (Å²) in [5, 5.41) is 6.97. The van der Waals surface area contributed by atoms with Gasteiger partial charge < -0.3 is 19.4 Å². The molecule has 4 rings (SSSR count). The van der Waals surface area contributed by atoms with E-state index < -0.39 is 11.2 Å². The summed E-state index contributed by atoms with van der Waals surface area (Å²) in [6, 6.07) is 8.71. The summed E-state index contributed by atoms with van der Waals surface area (Å²) in [5.41, 5.74) is -0.478. The van der Waals surface area contributed by atoms with Crippen molar-refractivity contribution >= 4 is 11.6 Å². The molecule has 0 saturated carbocycles. The second-order valence-corrected chi connectivity index (χ2v) is 6.55. The monoisotopic (exact) mass is 397 g/mol. The van der Waals surface area contributed by atoms with Crippen LogP contribution in [0.3, 0.4) is 0 Å². The molecule has 1 aliphatic rings. The quantitative estimate of drug-likeness (QED) is 0.629. The first-order chi connectivity index (χ1) is 14.1. The van der Waals surface area contributed by atoms with E-state index in [1.54, 1.807) is 17.1 Å². The number of nitrogens with zero attached hydrogens (tertiary/aromatic N) is 3. The van der Waals surface area contributed by atoms with Crippen molar-refractivity contribution in [1.82, 2.24) is 19.3 Å². The molecule has 0 bridgehead atoms. The highest BCUT2D eigenvalue weighted by Crippen LogP contribution is 2.31. The number of hydrogen-bond acceptors (Lipinski definition) is 6. The fraction of sp³-hybridized carbons (Fsp3) is 0.263. The molecule has 0 fully saturated rings. The Morgan fingerprint density at radius 3 is 2.90 bits per heavy atom. The number of carbonyl (C=O) groups excluding carboxylic acids is 1. The number of aromatic nitrogens is 4. The number of aromatic amines is 1. The van der Waals surface area contributed by atoms with Crippen LogP contribution in [0.1, 0.15) is 6.42 Å². The molecule has 1 aliphatic heterocycles. The van der Waals surface area contributed by atoms with Gasteiger partial charge in [-0.3, -0.25) is 19.3 Å². The molecule has 10 heteroatoms. The van der Waals surface area contributed by atoms with Gasteiger partial charge in [-0.1, -0.05) is 12.1 Å². The predicted molar refractivity (Wildman–Crippen MR) is 103 cm³/mol. The smallest absolute Gasteiger partial charge is 0.328 e. The van der Waals surface area contributed by atoms with Gasteiger partial charge in [0.25, 0.3) is 5.56 Å². The highest BCUT2D eigenvalue weighted by atomic mass is 16.6. The van der Waals surface area contributed by atoms with Crippen molar-refractivity contribution in [2.24, 2.45) is 0 Å². The number of aryl methyl sites for hydroxylation is 1. The molecule has 0 spiro atoms. The maximum atomic E-state index is 12.1. The number of fused-ring (bicyclic) bond motifs is 1. The molecule has 0 aliphatic carbocycles. The van der Waals surface area contributed by atoms with Crippen LogP contribution in [0.15, 0.2) is 58.5 Å². The number of amides is 1. The Bertz CT molecular complexity index is 1130. The normalized spacial score (nSPS) is 15.1. The number of ether oxygens (including phenoxy) is 2. The third-order valence-corrected chi connectivity index (χ3v) is 4.35. The summed E-state index contributed by atoms with van der Waals surface area (Å²) in [5.74, 6) is 1.15. The molecule has 0 saturated heterocycles. The Kier molecular flexibility index (Phi) is 5.14. The van der Waals surface area contributed by atoms with E-state index in [2.05, 4.69) is 15.4 Å². The van der Waals surface area contributed by atoms with Crippen molar-refractivity contribution in [3.8, 4) is 11.5 Å². The van der Waals surface area contributed by atoms with Crippen LogP contribution in [0.2, 0.25) is 0 Å². The van der Waals surface area contributed by atoms with Gasteiger partial charge in [-0.05, 0) is 12.1 Å². The topological polar surface area (TPSA) is 120 Å². The first-order valence-electron chi connectivity index (χ1n) is 9.07. The zero-order chi connectivity index (χ0) is 20.2. The lowest BCUT2D eigenvalue weighted by atomic mass is 10.2. The fourth-order valence-corrected chi connectivity index (χ4v) is 2.96. The van der Waals surface area contributed by atoms with E-state index in [-0.39, 0.29) is 25.0 Å². The molecule has 29 heavy (non-hydrogen) atoms. The number of benzene rings is 1. The summed E-state index contributed by atoms with van der Waals surface area (Å²) in [6.45, 7) is 1.03. The molecule has 2 aromatic heterocycles. The van der Waals surface area contributed by atoms with Crippen LogP contribution in [-0.2, 0) is 17.9 Å². The molecular formula is C19H19N5O5. The number of rotatable bonds is 6. The van der Waals surface area contributed by atoms with E-state index in [0.29, 0.717) is 24.6 Å². The Labute approximate surface area is 164 Å². The minimum absolute atomic E-state index is 0.0769. The maximum absolute atomic E-state index is 12.1. The molecule has 0 radical (unpaired) electrons. The van der Waals surface area contributed by atoms with Crippen LogP contribution in [-0.4, -0.2) is 37.9 Å². The summed E-state index contributed by atoms with van der Waals surface area (Å²) in [4.78, 5) is 36.9. The lowest BCUT2D eigenvalue weighted by Gasteiger charge is -2.26. The lowest BCUT2D eigenvalue weighted by molar-refractivity contribution is -0.116. The summed E-state index contributed by atoms with van der Waals surface area (Å²) < 4.78 is 14.5. The predicted octanol–water partition coefficient (Wildman–Crippen LogP) is 0.602. The van der Waals surface area contributed by atoms with Crippen LogP contribution in [0.4, 0.5) is 5.69 Å². The average molecular weight is 397 g/mol. The molecule has 3 heterocycles. The van der Waals surface area contributed by atoms with Crippen LogP contribution < -0.4 is 26.0 Å². The lowest BCUT2D eigenvalue weighted by Crippen LogP contribution is -2.33. The van der Waals surface area contributed by atoms with Crippen LogP contribution in [0.5, 0.6) is 11.5 Å². The van der Waals surface area contributed by atoms with Gasteiger partial charge in [0.05, 0.1) is 18.4 Å². The van der Waals surface area contributed by atoms with Crippen molar-refractivity contribution in [1.29, 1.82) is 0 Å². The van der Waals surface area contributed by atoms with Crippen molar-refractivity contribution in [2.75, 3.05) is 11.9 Å². The minimum atomic E-state index is -0.547. The van der Waals surface area contributed by atoms with E-state index in [1.807, 2.05) is 24.3 Å².